The van der Waals surface area contributed by atoms with E-state index in [1.54, 1.807) is 0 Å². The number of rotatable bonds is 9. The summed E-state index contributed by atoms with van der Waals surface area (Å²) in [5.41, 5.74) is 4.96. The third-order valence-electron chi connectivity index (χ3n) is 6.26. The molecule has 41 heavy (non-hydrogen) atoms. The van der Waals surface area contributed by atoms with Gasteiger partial charge in [0.1, 0.15) is 35.5 Å². The van der Waals surface area contributed by atoms with E-state index in [0.29, 0.717) is 11.3 Å². The number of carboxylic acid groups (broad SMARTS) is 2. The first-order chi connectivity index (χ1) is 19.0. The molecular weight excluding hydrogens is 585 g/mol. The quantitative estimate of drug-likeness (QED) is 0.0657. The number of hydrogen-bond acceptors (Lipinski definition) is 10. The van der Waals surface area contributed by atoms with Gasteiger partial charge in [-0.1, -0.05) is 11.2 Å². The summed E-state index contributed by atoms with van der Waals surface area (Å²) >= 11 is 2.35. The summed E-state index contributed by atoms with van der Waals surface area (Å²) in [4.78, 5) is 60.3. The molecule has 0 bridgehead atoms. The number of nitrogens with two attached hydrogens (primary N) is 1. The van der Waals surface area contributed by atoms with Crippen molar-refractivity contribution in [1.29, 1.82) is 0 Å². The molecule has 2 aliphatic heterocycles. The minimum Gasteiger partial charge on any atom is -1.00 e. The number of hydrogen-bond donors (Lipinski definition) is 4. The topological polar surface area (TPSA) is 193 Å². The van der Waals surface area contributed by atoms with Crippen LogP contribution in [0.15, 0.2) is 58.7 Å². The zero-order valence-corrected chi connectivity index (χ0v) is 25.8. The van der Waals surface area contributed by atoms with Crippen LogP contribution in [0.1, 0.15) is 21.0 Å². The molecule has 0 unspecified atom stereocenters. The Morgan fingerprint density at radius 2 is 2.10 bits per heavy atom. The molecule has 3 aromatic heterocycles. The first kappa shape index (κ1) is 30.5. The number of anilines is 1. The van der Waals surface area contributed by atoms with Crippen LogP contribution in [0.3, 0.4) is 0 Å². The Balaban J connectivity index is 0.00000242. The molecule has 0 aliphatic carbocycles. The van der Waals surface area contributed by atoms with Gasteiger partial charge in [-0.3, -0.25) is 14.5 Å². The van der Waals surface area contributed by atoms with E-state index in [9.17, 15) is 29.4 Å². The Kier molecular flexibility index (Phi) is 8.79. The molecule has 0 radical (unpaired) electrons. The second kappa shape index (κ2) is 11.8. The molecule has 2 aliphatic rings. The summed E-state index contributed by atoms with van der Waals surface area (Å²) in [5, 5.41) is 26.5. The van der Waals surface area contributed by atoms with Crippen LogP contribution in [-0.2, 0) is 30.6 Å². The largest absolute Gasteiger partial charge is 1.00 e. The number of carbonyl (C=O) groups excluding carboxylic acids is 2. The molecule has 2 amide bonds. The third kappa shape index (κ3) is 5.97. The molecule has 3 aromatic rings. The van der Waals surface area contributed by atoms with Crippen LogP contribution < -0.4 is 45.2 Å². The third-order valence-corrected chi connectivity index (χ3v) is 8.28. The van der Waals surface area contributed by atoms with Crippen LogP contribution >= 0.6 is 23.1 Å². The molecule has 0 saturated carbocycles. The number of β-lactam (4-membered cyclic amide) rings is 1. The van der Waals surface area contributed by atoms with Gasteiger partial charge in [-0.05, 0) is 26.0 Å². The normalized spacial score (nSPS) is 18.8. The number of carboxylic acids is 2. The molecule has 17 heteroatoms. The van der Waals surface area contributed by atoms with Crippen molar-refractivity contribution >= 4 is 63.2 Å². The number of pyridine rings is 1. The second-order valence-corrected chi connectivity index (χ2v) is 11.5. The second-order valence-electron chi connectivity index (χ2n) is 9.49. The summed E-state index contributed by atoms with van der Waals surface area (Å²) in [6.45, 7) is 2.77. The Hall–Kier alpha value is -3.44. The van der Waals surface area contributed by atoms with Crippen LogP contribution in [0.2, 0.25) is 0 Å². The van der Waals surface area contributed by atoms with Gasteiger partial charge < -0.3 is 27.5 Å². The molecule has 14 nitrogen and oxygen atoms in total. The summed E-state index contributed by atoms with van der Waals surface area (Å²) < 4.78 is 3.75. The van der Waals surface area contributed by atoms with E-state index in [-0.39, 0.29) is 59.8 Å². The Morgan fingerprint density at radius 3 is 2.73 bits per heavy atom. The standard InChI is InChI=1S/C24H23N7O7S2.Na.H/c1-24(2,22(36)37)38-28-15(14-10-40-23(25)26-14)18(32)27-16-19(33)31-17(21(34)35)12(9-39-20(16)31)7-29-8-13-5-3-4-6-30(13)11-29;;/h3-6,8,10-11,16,20H,7,9H2,1-2H3,(H4-,25,26,27,32,34,35,36,37);;/q;+1;-1/p+1/b28-15-;;/t16-,20-;;/m1../s1. The van der Waals surface area contributed by atoms with E-state index >= 15 is 0 Å². The number of aliphatic carboxylic acids is 2. The van der Waals surface area contributed by atoms with Crippen molar-refractivity contribution in [2.75, 3.05) is 11.5 Å². The number of thiazole rings is 1. The van der Waals surface area contributed by atoms with E-state index in [1.165, 1.54) is 35.9 Å². The summed E-state index contributed by atoms with van der Waals surface area (Å²) in [5.74, 6) is -3.69. The Morgan fingerprint density at radius 1 is 1.34 bits per heavy atom. The fourth-order valence-electron chi connectivity index (χ4n) is 4.17. The van der Waals surface area contributed by atoms with Crippen molar-refractivity contribution in [3.63, 3.8) is 0 Å². The number of oxime groups is 1. The van der Waals surface area contributed by atoms with E-state index in [4.69, 9.17) is 10.6 Å². The first-order valence-corrected chi connectivity index (χ1v) is 13.8. The summed E-state index contributed by atoms with van der Waals surface area (Å²) in [6, 6.07) is 4.65. The molecule has 1 fully saturated rings. The smallest absolute Gasteiger partial charge is 1.00 e. The fraction of sp³-hybridized carbons (Fsp3) is 0.292. The van der Waals surface area contributed by atoms with E-state index in [1.807, 2.05) is 45.9 Å². The van der Waals surface area contributed by atoms with Crippen molar-refractivity contribution in [3.05, 3.63) is 59.3 Å². The van der Waals surface area contributed by atoms with Crippen molar-refractivity contribution in [1.82, 2.24) is 19.6 Å². The molecule has 0 aromatic carbocycles. The van der Waals surface area contributed by atoms with Crippen molar-refractivity contribution < 1.29 is 69.8 Å². The maximum Gasteiger partial charge on any atom is 1.00 e. The molecule has 0 spiro atoms. The van der Waals surface area contributed by atoms with E-state index in [2.05, 4.69) is 15.5 Å². The number of nitrogen functional groups attached to an aromatic ring is 1. The van der Waals surface area contributed by atoms with E-state index in [0.717, 1.165) is 16.9 Å². The van der Waals surface area contributed by atoms with Gasteiger partial charge in [0.25, 0.3) is 11.8 Å². The van der Waals surface area contributed by atoms with Gasteiger partial charge in [-0.25, -0.2) is 23.5 Å². The minimum atomic E-state index is -1.75. The molecule has 5 heterocycles. The zero-order valence-electron chi connectivity index (χ0n) is 23.2. The monoisotopic (exact) mass is 610 g/mol. The average Bonchev–Trinajstić information content (AvgIpc) is 3.52. The maximum atomic E-state index is 13.2. The Bertz CT molecular complexity index is 1590. The molecule has 5 rings (SSSR count). The van der Waals surface area contributed by atoms with Crippen LogP contribution in [0.4, 0.5) is 5.13 Å². The van der Waals surface area contributed by atoms with E-state index < -0.39 is 40.8 Å². The molecule has 5 N–H and O–H groups in total. The van der Waals surface area contributed by atoms with Gasteiger partial charge in [0.05, 0.1) is 6.20 Å². The van der Waals surface area contributed by atoms with Gasteiger partial charge in [0, 0.05) is 16.7 Å². The summed E-state index contributed by atoms with van der Waals surface area (Å²) in [6.07, 6.45) is 5.59. The molecule has 1 saturated heterocycles. The number of imidazole rings is 1. The van der Waals surface area contributed by atoms with Crippen LogP contribution in [0, 0.1) is 0 Å². The predicted octanol–water partition coefficient (Wildman–Crippen LogP) is -2.60. The van der Waals surface area contributed by atoms with Gasteiger partial charge >= 0.3 is 41.5 Å². The van der Waals surface area contributed by atoms with Crippen molar-refractivity contribution in [2.24, 2.45) is 5.16 Å². The fourth-order valence-corrected chi connectivity index (χ4v) is 6.05. The Labute approximate surface area is 264 Å². The number of carbonyl (C=O) groups is 4. The molecular formula is C24H25N7NaO7S2+. The van der Waals surface area contributed by atoms with Crippen molar-refractivity contribution in [3.8, 4) is 0 Å². The number of nitrogens with one attached hydrogen (secondary N) is 1. The predicted molar refractivity (Wildman–Crippen MR) is 144 cm³/mol. The zero-order chi connectivity index (χ0) is 28.8. The minimum absolute atomic E-state index is 0. The van der Waals surface area contributed by atoms with Gasteiger partial charge in [-0.15, -0.1) is 23.1 Å². The molecule has 2 atom stereocenters. The number of fused-ring (bicyclic) bond motifs is 2. The van der Waals surface area contributed by atoms with Crippen LogP contribution in [0.25, 0.3) is 5.52 Å². The molecule has 210 valence electrons. The van der Waals surface area contributed by atoms with Crippen molar-refractivity contribution in [2.45, 2.75) is 37.4 Å². The summed E-state index contributed by atoms with van der Waals surface area (Å²) in [7, 11) is 0. The maximum absolute atomic E-state index is 13.2. The number of amides is 2. The van der Waals surface area contributed by atoms with Gasteiger partial charge in [0.2, 0.25) is 11.9 Å². The number of thioether (sulfide) groups is 1. The SMILES string of the molecule is CC(C)(O/N=C(\C(=O)N[C@@H]1C(=O)N2C(C(=O)O)=C(C[n+]3cc4ccccn4c3)CS[C@H]12)c1csc(N)n1)C(=O)O.[H-].[Na+]. The first-order valence-electron chi connectivity index (χ1n) is 11.8. The van der Waals surface area contributed by atoms with Gasteiger partial charge in [-0.2, -0.15) is 0 Å². The van der Waals surface area contributed by atoms with Crippen LogP contribution in [0.5, 0.6) is 0 Å². The van der Waals surface area contributed by atoms with Crippen LogP contribution in [-0.4, -0.2) is 76.7 Å². The number of nitrogens with zero attached hydrogens (tertiary/aromatic N) is 5. The number of aromatic nitrogens is 3. The average molecular weight is 611 g/mol. The van der Waals surface area contributed by atoms with Gasteiger partial charge in [0.15, 0.2) is 16.4 Å².